The fourth-order valence-corrected chi connectivity index (χ4v) is 4.19. The average molecular weight is 408 g/mol. The molecule has 0 unspecified atom stereocenters. The van der Waals surface area contributed by atoms with Gasteiger partial charge in [-0.25, -0.2) is 4.39 Å². The number of amides is 1. The fourth-order valence-electron chi connectivity index (χ4n) is 4.19. The third-order valence-electron chi connectivity index (χ3n) is 5.90. The zero-order chi connectivity index (χ0) is 20.8. The lowest BCUT2D eigenvalue weighted by Crippen LogP contribution is -2.43. The van der Waals surface area contributed by atoms with Crippen LogP contribution in [-0.4, -0.2) is 24.0 Å². The average Bonchev–Trinajstić information content (AvgIpc) is 3.51. The molecule has 2 N–H and O–H groups in total. The van der Waals surface area contributed by atoms with Crippen LogP contribution in [0.1, 0.15) is 37.3 Å². The molecule has 30 heavy (non-hydrogen) atoms. The van der Waals surface area contributed by atoms with Gasteiger partial charge in [0.05, 0.1) is 11.4 Å². The molecule has 1 atom stereocenters. The Balaban J connectivity index is 1.67. The number of fused-ring (bicyclic) bond motifs is 1. The molecular formula is C23H25FN4O2. The number of carbonyl (C=O) groups is 1. The maximum Gasteiger partial charge on any atom is 0.230 e. The molecule has 7 heteroatoms. The summed E-state index contributed by atoms with van der Waals surface area (Å²) in [5, 5.41) is 1.75. The zero-order valence-corrected chi connectivity index (χ0v) is 17.1. The van der Waals surface area contributed by atoms with E-state index in [4.69, 9.17) is 4.74 Å². The molecule has 2 aromatic carbocycles. The van der Waals surface area contributed by atoms with Crippen LogP contribution in [0.2, 0.25) is 0 Å². The van der Waals surface area contributed by atoms with Gasteiger partial charge in [0.2, 0.25) is 5.91 Å². The van der Waals surface area contributed by atoms with Crippen LogP contribution < -0.4 is 20.6 Å². The third-order valence-corrected chi connectivity index (χ3v) is 5.90. The van der Waals surface area contributed by atoms with E-state index in [0.717, 1.165) is 24.8 Å². The number of hydrogen-bond donors (Lipinski definition) is 2. The lowest BCUT2D eigenvalue weighted by atomic mass is 9.92. The maximum absolute atomic E-state index is 15.5. The van der Waals surface area contributed by atoms with Crippen LogP contribution in [-0.2, 0) is 11.2 Å². The molecule has 3 aliphatic rings. The van der Waals surface area contributed by atoms with Crippen LogP contribution >= 0.6 is 0 Å². The van der Waals surface area contributed by atoms with Crippen molar-refractivity contribution in [2.24, 2.45) is 5.92 Å². The summed E-state index contributed by atoms with van der Waals surface area (Å²) in [6.07, 6.45) is 5.04. The van der Waals surface area contributed by atoms with E-state index < -0.39 is 5.82 Å². The van der Waals surface area contributed by atoms with Gasteiger partial charge >= 0.3 is 0 Å². The van der Waals surface area contributed by atoms with E-state index in [0.29, 0.717) is 34.9 Å². The first-order valence-electron chi connectivity index (χ1n) is 10.4. The first-order valence-corrected chi connectivity index (χ1v) is 10.4. The summed E-state index contributed by atoms with van der Waals surface area (Å²) in [4.78, 5) is 14.7. The number of para-hydroxylation sites is 1. The van der Waals surface area contributed by atoms with Crippen molar-refractivity contribution in [1.29, 1.82) is 0 Å². The number of carbonyl (C=O) groups excluding carboxylic acids is 1. The molecule has 0 radical (unpaired) electrons. The van der Waals surface area contributed by atoms with Crippen molar-refractivity contribution in [3.8, 4) is 11.5 Å². The normalized spacial score (nSPS) is 20.5. The van der Waals surface area contributed by atoms with E-state index in [1.165, 1.54) is 6.07 Å². The summed E-state index contributed by atoms with van der Waals surface area (Å²) in [6.45, 7) is 1.99. The molecule has 2 aromatic rings. The Hall–Kier alpha value is -3.06. The van der Waals surface area contributed by atoms with Crippen LogP contribution in [0, 0.1) is 11.7 Å². The number of rotatable bonds is 4. The number of nitrogens with zero attached hydrogens (tertiary/aromatic N) is 2. The molecule has 0 bridgehead atoms. The van der Waals surface area contributed by atoms with Gasteiger partial charge in [0.1, 0.15) is 17.3 Å². The van der Waals surface area contributed by atoms with E-state index in [1.807, 2.05) is 50.5 Å². The highest BCUT2D eigenvalue weighted by Crippen LogP contribution is 2.46. The number of benzene rings is 2. The molecule has 2 heterocycles. The summed E-state index contributed by atoms with van der Waals surface area (Å²) < 4.78 is 21.8. The lowest BCUT2D eigenvalue weighted by Gasteiger charge is -2.37. The predicted octanol–water partition coefficient (Wildman–Crippen LogP) is 3.95. The Morgan fingerprint density at radius 2 is 1.97 bits per heavy atom. The van der Waals surface area contributed by atoms with E-state index in [-0.39, 0.29) is 17.9 Å². The second-order valence-electron chi connectivity index (χ2n) is 8.24. The van der Waals surface area contributed by atoms with Crippen molar-refractivity contribution in [3.05, 3.63) is 59.5 Å². The SMILES string of the molecule is C[C@H]1CCc2c(Oc3ccccc3)c(C3=CN(C)NN3)cc(F)c2N1C(=O)C1CC1. The predicted molar refractivity (Wildman–Crippen MR) is 113 cm³/mol. The molecule has 1 aliphatic carbocycles. The van der Waals surface area contributed by atoms with Crippen LogP contribution in [0.4, 0.5) is 10.1 Å². The van der Waals surface area contributed by atoms with Crippen LogP contribution in [0.3, 0.4) is 0 Å². The van der Waals surface area contributed by atoms with E-state index >= 15 is 4.39 Å². The molecule has 156 valence electrons. The maximum atomic E-state index is 15.5. The Morgan fingerprint density at radius 3 is 2.63 bits per heavy atom. The van der Waals surface area contributed by atoms with Crippen molar-refractivity contribution >= 4 is 17.3 Å². The molecule has 0 aromatic heterocycles. The molecule has 6 nitrogen and oxygen atoms in total. The molecule has 1 fully saturated rings. The highest BCUT2D eigenvalue weighted by atomic mass is 19.1. The van der Waals surface area contributed by atoms with Crippen LogP contribution in [0.5, 0.6) is 11.5 Å². The number of anilines is 1. The standard InChI is InChI=1S/C23H25FN4O2/c1-14-8-11-17-21(28(14)23(29)15-9-10-15)19(24)12-18(20-13-27(2)26-25-20)22(17)30-16-6-4-3-5-7-16/h3-7,12-15,25-26H,8-11H2,1-2H3/t14-/m0/s1. The molecular weight excluding hydrogens is 383 g/mol. The number of nitrogens with one attached hydrogen (secondary N) is 2. The molecule has 0 spiro atoms. The molecule has 2 aliphatic heterocycles. The summed E-state index contributed by atoms with van der Waals surface area (Å²) in [5.74, 6) is 0.923. The fraction of sp³-hybridized carbons (Fsp3) is 0.348. The van der Waals surface area contributed by atoms with Gasteiger partial charge in [-0.15, -0.1) is 5.53 Å². The molecule has 0 saturated heterocycles. The van der Waals surface area contributed by atoms with Crippen molar-refractivity contribution in [2.45, 2.75) is 38.6 Å². The molecule has 1 saturated carbocycles. The quantitative estimate of drug-likeness (QED) is 0.802. The van der Waals surface area contributed by atoms with Crippen molar-refractivity contribution < 1.29 is 13.9 Å². The van der Waals surface area contributed by atoms with Crippen LogP contribution in [0.25, 0.3) is 5.70 Å². The third kappa shape index (κ3) is 3.29. The minimum absolute atomic E-state index is 0.0213. The highest BCUT2D eigenvalue weighted by Gasteiger charge is 2.41. The first-order chi connectivity index (χ1) is 14.5. The Labute approximate surface area is 175 Å². The summed E-state index contributed by atoms with van der Waals surface area (Å²) >= 11 is 0. The minimum atomic E-state index is -0.391. The van der Waals surface area contributed by atoms with Gasteiger partial charge in [-0.05, 0) is 50.8 Å². The van der Waals surface area contributed by atoms with Gasteiger partial charge in [0.25, 0.3) is 0 Å². The Bertz CT molecular complexity index is 1020. The van der Waals surface area contributed by atoms with Gasteiger partial charge in [0.15, 0.2) is 0 Å². The second kappa shape index (κ2) is 7.32. The van der Waals surface area contributed by atoms with Crippen molar-refractivity contribution in [3.63, 3.8) is 0 Å². The number of hydrogen-bond acceptors (Lipinski definition) is 5. The van der Waals surface area contributed by atoms with Crippen LogP contribution in [0.15, 0.2) is 42.6 Å². The smallest absolute Gasteiger partial charge is 0.230 e. The largest absolute Gasteiger partial charge is 0.456 e. The van der Waals surface area contributed by atoms with Gasteiger partial charge in [0, 0.05) is 36.3 Å². The summed E-state index contributed by atoms with van der Waals surface area (Å²) in [7, 11) is 1.85. The number of hydrazine groups is 2. The Kier molecular flexibility index (Phi) is 4.62. The minimum Gasteiger partial charge on any atom is -0.456 e. The molecule has 1 amide bonds. The van der Waals surface area contributed by atoms with Gasteiger partial charge in [-0.2, -0.15) is 0 Å². The van der Waals surface area contributed by atoms with Crippen molar-refractivity contribution in [1.82, 2.24) is 16.0 Å². The van der Waals surface area contributed by atoms with Gasteiger partial charge < -0.3 is 15.1 Å². The summed E-state index contributed by atoms with van der Waals surface area (Å²) in [6, 6.07) is 10.9. The topological polar surface area (TPSA) is 56.8 Å². The van der Waals surface area contributed by atoms with E-state index in [1.54, 1.807) is 9.91 Å². The number of ether oxygens (including phenoxy) is 1. The van der Waals surface area contributed by atoms with E-state index in [2.05, 4.69) is 11.0 Å². The van der Waals surface area contributed by atoms with E-state index in [9.17, 15) is 4.79 Å². The van der Waals surface area contributed by atoms with Gasteiger partial charge in [-0.1, -0.05) is 18.2 Å². The summed E-state index contributed by atoms with van der Waals surface area (Å²) in [5.41, 5.74) is 8.49. The first kappa shape index (κ1) is 18.9. The van der Waals surface area contributed by atoms with Gasteiger partial charge in [-0.3, -0.25) is 9.80 Å². The second-order valence-corrected chi connectivity index (χ2v) is 8.24. The Morgan fingerprint density at radius 1 is 1.20 bits per heavy atom. The molecule has 5 rings (SSSR count). The number of halogens is 1. The zero-order valence-electron chi connectivity index (χ0n) is 17.1. The highest BCUT2D eigenvalue weighted by molar-refractivity contribution is 5.99. The monoisotopic (exact) mass is 408 g/mol. The lowest BCUT2D eigenvalue weighted by molar-refractivity contribution is -0.120. The van der Waals surface area contributed by atoms with Crippen molar-refractivity contribution in [2.75, 3.05) is 11.9 Å².